The van der Waals surface area contributed by atoms with Crippen molar-refractivity contribution >= 4 is 29.9 Å². The largest absolute Gasteiger partial charge is 0.493 e. The molecule has 0 saturated carbocycles. The van der Waals surface area contributed by atoms with E-state index in [9.17, 15) is 0 Å². The molecule has 1 aliphatic heterocycles. The molecule has 3 N–H and O–H groups in total. The summed E-state index contributed by atoms with van der Waals surface area (Å²) < 4.78 is 16.3. The van der Waals surface area contributed by atoms with E-state index < -0.39 is 0 Å². The van der Waals surface area contributed by atoms with Crippen molar-refractivity contribution in [2.45, 2.75) is 26.2 Å². The van der Waals surface area contributed by atoms with Gasteiger partial charge in [-0.1, -0.05) is 6.07 Å². The fraction of sp³-hybridized carbons (Fsp3) is 0.650. The van der Waals surface area contributed by atoms with Crippen molar-refractivity contribution in [3.63, 3.8) is 0 Å². The van der Waals surface area contributed by atoms with E-state index in [0.717, 1.165) is 70.2 Å². The number of morpholine rings is 1. The Morgan fingerprint density at radius 3 is 2.75 bits per heavy atom. The number of rotatable bonds is 11. The Bertz CT molecular complexity index is 581. The number of nitrogens with zero attached hydrogens (tertiary/aromatic N) is 2. The van der Waals surface area contributed by atoms with Crippen LogP contribution in [0.15, 0.2) is 23.2 Å². The van der Waals surface area contributed by atoms with Crippen molar-refractivity contribution in [3.05, 3.63) is 23.8 Å². The second-order valence-corrected chi connectivity index (χ2v) is 6.52. The molecular weight excluding hydrogens is 471 g/mol. The summed E-state index contributed by atoms with van der Waals surface area (Å²) >= 11 is 0. The van der Waals surface area contributed by atoms with Crippen LogP contribution < -0.4 is 20.5 Å². The number of hydrogen-bond acceptors (Lipinski definition) is 5. The number of nitrogens with two attached hydrogens (primary N) is 1. The van der Waals surface area contributed by atoms with E-state index in [1.54, 1.807) is 7.11 Å². The molecule has 2 rings (SSSR count). The predicted octanol–water partition coefficient (Wildman–Crippen LogP) is 2.27. The summed E-state index contributed by atoms with van der Waals surface area (Å²) in [6, 6.07) is 6.06. The fourth-order valence-electron chi connectivity index (χ4n) is 3.03. The number of aryl methyl sites for hydroxylation is 1. The van der Waals surface area contributed by atoms with E-state index in [0.29, 0.717) is 19.1 Å². The molecular formula is C20H35IN4O3. The number of ether oxygens (including phenoxy) is 3. The second kappa shape index (κ2) is 14.7. The first kappa shape index (κ1) is 24.8. The summed E-state index contributed by atoms with van der Waals surface area (Å²) in [7, 11) is 1.66. The number of halogens is 1. The standard InChI is InChI=1S/C20H34N4O3.HI/c1-3-27-19-16-17(7-8-18(19)25-2)6-4-9-22-20(21)23-10-5-11-24-12-14-26-15-13-24;/h7-8,16H,3-6,9-15H2,1-2H3,(H3,21,22,23);1H. The number of benzene rings is 1. The van der Waals surface area contributed by atoms with Gasteiger partial charge in [-0.25, -0.2) is 0 Å². The van der Waals surface area contributed by atoms with Crippen LogP contribution in [0, 0.1) is 0 Å². The average molecular weight is 506 g/mol. The van der Waals surface area contributed by atoms with Gasteiger partial charge in [0.05, 0.1) is 26.9 Å². The predicted molar refractivity (Wildman–Crippen MR) is 124 cm³/mol. The Balaban J connectivity index is 0.00000392. The highest BCUT2D eigenvalue weighted by atomic mass is 127. The molecule has 0 amide bonds. The molecule has 7 nitrogen and oxygen atoms in total. The summed E-state index contributed by atoms with van der Waals surface area (Å²) in [5.74, 6) is 2.09. The normalized spacial score (nSPS) is 15.0. The lowest BCUT2D eigenvalue weighted by Crippen LogP contribution is -2.39. The number of aliphatic imine (C=N–C) groups is 1. The van der Waals surface area contributed by atoms with E-state index in [-0.39, 0.29) is 24.0 Å². The van der Waals surface area contributed by atoms with Gasteiger partial charge < -0.3 is 25.3 Å². The molecule has 1 fully saturated rings. The van der Waals surface area contributed by atoms with Gasteiger partial charge in [0, 0.05) is 26.2 Å². The van der Waals surface area contributed by atoms with Gasteiger partial charge in [0.1, 0.15) is 0 Å². The molecule has 0 radical (unpaired) electrons. The van der Waals surface area contributed by atoms with Crippen molar-refractivity contribution in [1.82, 2.24) is 10.2 Å². The van der Waals surface area contributed by atoms with Gasteiger partial charge in [-0.3, -0.25) is 9.89 Å². The van der Waals surface area contributed by atoms with Crippen LogP contribution in [0.4, 0.5) is 0 Å². The number of guanidine groups is 1. The molecule has 0 bridgehead atoms. The van der Waals surface area contributed by atoms with Gasteiger partial charge >= 0.3 is 0 Å². The first-order valence-corrected chi connectivity index (χ1v) is 9.86. The quantitative estimate of drug-likeness (QED) is 0.208. The van der Waals surface area contributed by atoms with E-state index in [1.165, 1.54) is 5.56 Å². The molecule has 0 aromatic heterocycles. The third-order valence-corrected chi connectivity index (χ3v) is 4.49. The summed E-state index contributed by atoms with van der Waals surface area (Å²) in [6.07, 6.45) is 2.92. The van der Waals surface area contributed by atoms with Crippen LogP contribution >= 0.6 is 24.0 Å². The van der Waals surface area contributed by atoms with Crippen molar-refractivity contribution in [3.8, 4) is 11.5 Å². The van der Waals surface area contributed by atoms with Crippen LogP contribution in [0.1, 0.15) is 25.3 Å². The topological polar surface area (TPSA) is 81.3 Å². The molecule has 0 spiro atoms. The van der Waals surface area contributed by atoms with Crippen molar-refractivity contribution in [2.75, 3.05) is 59.7 Å². The zero-order valence-corrected chi connectivity index (χ0v) is 19.4. The second-order valence-electron chi connectivity index (χ2n) is 6.52. The minimum Gasteiger partial charge on any atom is -0.493 e. The van der Waals surface area contributed by atoms with Crippen LogP contribution in [0.25, 0.3) is 0 Å². The molecule has 1 saturated heterocycles. The van der Waals surface area contributed by atoms with Gasteiger partial charge in [-0.15, -0.1) is 24.0 Å². The van der Waals surface area contributed by atoms with Gasteiger partial charge in [0.2, 0.25) is 0 Å². The molecule has 0 unspecified atom stereocenters. The van der Waals surface area contributed by atoms with Crippen molar-refractivity contribution in [1.29, 1.82) is 0 Å². The molecule has 1 aliphatic rings. The zero-order chi connectivity index (χ0) is 19.3. The lowest BCUT2D eigenvalue weighted by molar-refractivity contribution is 0.0376. The van der Waals surface area contributed by atoms with Crippen LogP contribution in [-0.4, -0.2) is 70.5 Å². The third kappa shape index (κ3) is 9.29. The molecule has 0 aliphatic carbocycles. The van der Waals surface area contributed by atoms with Gasteiger partial charge in [-0.2, -0.15) is 0 Å². The van der Waals surface area contributed by atoms with E-state index in [4.69, 9.17) is 19.9 Å². The monoisotopic (exact) mass is 506 g/mol. The van der Waals surface area contributed by atoms with E-state index in [2.05, 4.69) is 21.3 Å². The van der Waals surface area contributed by atoms with Crippen molar-refractivity contribution < 1.29 is 14.2 Å². The SMILES string of the molecule is CCOc1cc(CCCN=C(N)NCCCN2CCOCC2)ccc1OC.I. The highest BCUT2D eigenvalue weighted by molar-refractivity contribution is 14.0. The third-order valence-electron chi connectivity index (χ3n) is 4.49. The summed E-state index contributed by atoms with van der Waals surface area (Å²) in [5.41, 5.74) is 7.16. The molecule has 1 heterocycles. The number of hydrogen-bond donors (Lipinski definition) is 2. The molecule has 8 heteroatoms. The number of nitrogens with one attached hydrogen (secondary N) is 1. The zero-order valence-electron chi connectivity index (χ0n) is 17.1. The average Bonchev–Trinajstić information content (AvgIpc) is 2.70. The molecule has 1 aromatic carbocycles. The Labute approximate surface area is 186 Å². The molecule has 28 heavy (non-hydrogen) atoms. The Morgan fingerprint density at radius 2 is 2.04 bits per heavy atom. The minimum atomic E-state index is 0. The molecule has 160 valence electrons. The van der Waals surface area contributed by atoms with Gasteiger partial charge in [-0.05, 0) is 50.4 Å². The summed E-state index contributed by atoms with van der Waals surface area (Å²) in [6.45, 7) is 8.97. The van der Waals surface area contributed by atoms with Crippen LogP contribution in [0.5, 0.6) is 11.5 Å². The lowest BCUT2D eigenvalue weighted by Gasteiger charge is -2.26. The maximum Gasteiger partial charge on any atom is 0.188 e. The fourth-order valence-corrected chi connectivity index (χ4v) is 3.03. The van der Waals surface area contributed by atoms with E-state index in [1.807, 2.05) is 19.1 Å². The van der Waals surface area contributed by atoms with Crippen molar-refractivity contribution in [2.24, 2.45) is 10.7 Å². The molecule has 0 atom stereocenters. The maximum atomic E-state index is 5.94. The van der Waals surface area contributed by atoms with Crippen LogP contribution in [0.2, 0.25) is 0 Å². The van der Waals surface area contributed by atoms with Gasteiger partial charge in [0.25, 0.3) is 0 Å². The van der Waals surface area contributed by atoms with Crippen LogP contribution in [-0.2, 0) is 11.2 Å². The highest BCUT2D eigenvalue weighted by Crippen LogP contribution is 2.28. The van der Waals surface area contributed by atoms with Crippen LogP contribution in [0.3, 0.4) is 0 Å². The Morgan fingerprint density at radius 1 is 1.25 bits per heavy atom. The first-order valence-electron chi connectivity index (χ1n) is 9.86. The highest BCUT2D eigenvalue weighted by Gasteiger charge is 2.09. The minimum absolute atomic E-state index is 0. The summed E-state index contributed by atoms with van der Waals surface area (Å²) in [4.78, 5) is 6.83. The lowest BCUT2D eigenvalue weighted by atomic mass is 10.1. The van der Waals surface area contributed by atoms with Gasteiger partial charge in [0.15, 0.2) is 17.5 Å². The summed E-state index contributed by atoms with van der Waals surface area (Å²) in [5, 5.41) is 3.20. The van der Waals surface area contributed by atoms with E-state index >= 15 is 0 Å². The smallest absolute Gasteiger partial charge is 0.188 e. The Kier molecular flexibility index (Phi) is 13.0. The first-order chi connectivity index (χ1) is 13.2. The number of methoxy groups -OCH3 is 1. The molecule has 1 aromatic rings. The maximum absolute atomic E-state index is 5.94. The Hall–Kier alpha value is -1.26.